The van der Waals surface area contributed by atoms with E-state index < -0.39 is 6.03 Å². The topological polar surface area (TPSA) is 114 Å². The summed E-state index contributed by atoms with van der Waals surface area (Å²) in [6.45, 7) is 0.283. The average molecular weight is 146 g/mol. The highest BCUT2D eigenvalue weighted by Gasteiger charge is 1.93. The number of carbonyl (C=O) groups excluding carboxylic acids is 1. The molecule has 10 heavy (non-hydrogen) atoms. The number of nitrogens with two attached hydrogens (primary N) is 2. The van der Waals surface area contributed by atoms with Crippen LogP contribution < -0.4 is 16.8 Å². The number of primary amides is 1. The van der Waals surface area contributed by atoms with E-state index in [2.05, 4.69) is 10.5 Å². The van der Waals surface area contributed by atoms with Gasteiger partial charge in [0.25, 0.3) is 0 Å². The average Bonchev–Trinajstić information content (AvgIpc) is 1.87. The van der Waals surface area contributed by atoms with Crippen molar-refractivity contribution in [3.8, 4) is 0 Å². The molecule has 0 aromatic heterocycles. The summed E-state index contributed by atoms with van der Waals surface area (Å²) >= 11 is 0. The van der Waals surface area contributed by atoms with Crippen LogP contribution in [0.15, 0.2) is 5.16 Å². The Hall–Kier alpha value is -1.46. The molecule has 0 radical (unpaired) electrons. The minimum absolute atomic E-state index is 0.0637. The van der Waals surface area contributed by atoms with Gasteiger partial charge in [0.05, 0.1) is 0 Å². The number of oxime groups is 1. The Bertz CT molecular complexity index is 144. The summed E-state index contributed by atoms with van der Waals surface area (Å²) in [5.41, 5.74) is 9.79. The molecule has 6 nitrogen and oxygen atoms in total. The van der Waals surface area contributed by atoms with E-state index in [1.54, 1.807) is 0 Å². The zero-order valence-electron chi connectivity index (χ0n) is 5.37. The van der Waals surface area contributed by atoms with Gasteiger partial charge in [-0.1, -0.05) is 5.16 Å². The predicted molar refractivity (Wildman–Crippen MR) is 35.6 cm³/mol. The summed E-state index contributed by atoms with van der Waals surface area (Å²) in [4.78, 5) is 10.0. The van der Waals surface area contributed by atoms with Crippen LogP contribution in [-0.4, -0.2) is 23.6 Å². The van der Waals surface area contributed by atoms with Crippen LogP contribution in [0.3, 0.4) is 0 Å². The summed E-state index contributed by atoms with van der Waals surface area (Å²) in [6.07, 6.45) is 0.291. The van der Waals surface area contributed by atoms with Crippen LogP contribution >= 0.6 is 0 Å². The lowest BCUT2D eigenvalue weighted by atomic mass is 10.4. The number of amidine groups is 1. The summed E-state index contributed by atoms with van der Waals surface area (Å²) in [5.74, 6) is 0.0637. The van der Waals surface area contributed by atoms with Gasteiger partial charge in [0.1, 0.15) is 5.84 Å². The maximum Gasteiger partial charge on any atom is 0.312 e. The minimum atomic E-state index is -0.620. The molecule has 0 aliphatic rings. The summed E-state index contributed by atoms with van der Waals surface area (Å²) in [5, 5.41) is 13.0. The molecule has 2 amide bonds. The highest BCUT2D eigenvalue weighted by Crippen LogP contribution is 1.74. The normalized spacial score (nSPS) is 11.0. The number of nitrogens with one attached hydrogen (secondary N) is 1. The summed E-state index contributed by atoms with van der Waals surface area (Å²) in [7, 11) is 0. The molecule has 0 saturated carbocycles. The zero-order chi connectivity index (χ0) is 7.98. The van der Waals surface area contributed by atoms with Crippen LogP contribution in [0.5, 0.6) is 0 Å². The van der Waals surface area contributed by atoms with E-state index in [-0.39, 0.29) is 12.4 Å². The highest BCUT2D eigenvalue weighted by atomic mass is 16.4. The third-order valence-corrected chi connectivity index (χ3v) is 0.809. The Kier molecular flexibility index (Phi) is 3.78. The molecule has 0 fully saturated rings. The van der Waals surface area contributed by atoms with Crippen molar-refractivity contribution in [2.45, 2.75) is 6.42 Å². The first-order chi connectivity index (χ1) is 4.66. The van der Waals surface area contributed by atoms with Crippen molar-refractivity contribution in [2.24, 2.45) is 16.6 Å². The number of urea groups is 1. The molecule has 0 heterocycles. The Morgan fingerprint density at radius 2 is 2.20 bits per heavy atom. The van der Waals surface area contributed by atoms with Gasteiger partial charge in [-0.3, -0.25) is 0 Å². The Labute approximate surface area is 57.9 Å². The molecule has 0 aromatic carbocycles. The van der Waals surface area contributed by atoms with Crippen LogP contribution in [0.2, 0.25) is 0 Å². The fourth-order valence-corrected chi connectivity index (χ4v) is 0.364. The van der Waals surface area contributed by atoms with Gasteiger partial charge in [-0.2, -0.15) is 0 Å². The molecule has 0 aliphatic carbocycles. The largest absolute Gasteiger partial charge is 0.409 e. The Morgan fingerprint density at radius 1 is 1.60 bits per heavy atom. The molecule has 0 aromatic rings. The van der Waals surface area contributed by atoms with Crippen LogP contribution in [0.25, 0.3) is 0 Å². The van der Waals surface area contributed by atoms with Crippen LogP contribution in [-0.2, 0) is 0 Å². The highest BCUT2D eigenvalue weighted by molar-refractivity contribution is 5.80. The van der Waals surface area contributed by atoms with Gasteiger partial charge in [0.15, 0.2) is 0 Å². The SMILES string of the molecule is NC(=O)NCCC(N)=NO. The molecule has 0 unspecified atom stereocenters. The molecule has 6 N–H and O–H groups in total. The van der Waals surface area contributed by atoms with Crippen LogP contribution in [0.4, 0.5) is 4.79 Å². The number of hydrogen-bond donors (Lipinski definition) is 4. The molecule has 0 aliphatic heterocycles. The fraction of sp³-hybridized carbons (Fsp3) is 0.500. The molecule has 58 valence electrons. The van der Waals surface area contributed by atoms with Crippen LogP contribution in [0, 0.1) is 0 Å². The third-order valence-electron chi connectivity index (χ3n) is 0.809. The fourth-order valence-electron chi connectivity index (χ4n) is 0.364. The molecule has 0 rings (SSSR count). The van der Waals surface area contributed by atoms with E-state index in [1.165, 1.54) is 0 Å². The first kappa shape index (κ1) is 8.54. The predicted octanol–water partition coefficient (Wildman–Crippen LogP) is -1.21. The van der Waals surface area contributed by atoms with E-state index >= 15 is 0 Å². The molecule has 0 bridgehead atoms. The van der Waals surface area contributed by atoms with Gasteiger partial charge in [0.2, 0.25) is 0 Å². The molecular weight excluding hydrogens is 136 g/mol. The molecule has 0 spiro atoms. The van der Waals surface area contributed by atoms with Gasteiger partial charge in [0, 0.05) is 13.0 Å². The Morgan fingerprint density at radius 3 is 2.60 bits per heavy atom. The second-order valence-corrected chi connectivity index (χ2v) is 1.63. The third kappa shape index (κ3) is 4.69. The minimum Gasteiger partial charge on any atom is -0.409 e. The quantitative estimate of drug-likeness (QED) is 0.173. The van der Waals surface area contributed by atoms with Gasteiger partial charge < -0.3 is 22.0 Å². The smallest absolute Gasteiger partial charge is 0.312 e. The summed E-state index contributed by atoms with van der Waals surface area (Å²) < 4.78 is 0. The van der Waals surface area contributed by atoms with E-state index in [0.29, 0.717) is 6.42 Å². The number of rotatable bonds is 3. The maximum absolute atomic E-state index is 10.0. The van der Waals surface area contributed by atoms with Crippen molar-refractivity contribution in [1.82, 2.24) is 5.32 Å². The van der Waals surface area contributed by atoms with E-state index in [4.69, 9.17) is 16.7 Å². The Balaban J connectivity index is 3.29. The zero-order valence-corrected chi connectivity index (χ0v) is 5.37. The van der Waals surface area contributed by atoms with E-state index in [1.807, 2.05) is 0 Å². The first-order valence-electron chi connectivity index (χ1n) is 2.66. The van der Waals surface area contributed by atoms with Gasteiger partial charge >= 0.3 is 6.03 Å². The van der Waals surface area contributed by atoms with Crippen molar-refractivity contribution in [3.05, 3.63) is 0 Å². The lowest BCUT2D eigenvalue weighted by Crippen LogP contribution is -2.32. The monoisotopic (exact) mass is 146 g/mol. The van der Waals surface area contributed by atoms with Gasteiger partial charge in [-0.15, -0.1) is 0 Å². The number of carbonyl (C=O) groups is 1. The lowest BCUT2D eigenvalue weighted by molar-refractivity contribution is 0.249. The van der Waals surface area contributed by atoms with E-state index in [0.717, 1.165) is 0 Å². The summed E-state index contributed by atoms with van der Waals surface area (Å²) in [6, 6.07) is -0.620. The number of amides is 2. The second-order valence-electron chi connectivity index (χ2n) is 1.63. The van der Waals surface area contributed by atoms with Crippen molar-refractivity contribution in [1.29, 1.82) is 0 Å². The van der Waals surface area contributed by atoms with Crippen molar-refractivity contribution >= 4 is 11.9 Å². The van der Waals surface area contributed by atoms with Crippen LogP contribution in [0.1, 0.15) is 6.42 Å². The van der Waals surface area contributed by atoms with E-state index in [9.17, 15) is 4.79 Å². The van der Waals surface area contributed by atoms with Gasteiger partial charge in [-0.05, 0) is 0 Å². The van der Waals surface area contributed by atoms with Gasteiger partial charge in [-0.25, -0.2) is 4.79 Å². The number of hydrogen-bond acceptors (Lipinski definition) is 3. The molecular formula is C4H10N4O2. The lowest BCUT2D eigenvalue weighted by Gasteiger charge is -1.98. The van der Waals surface area contributed by atoms with Crippen molar-refractivity contribution in [2.75, 3.05) is 6.54 Å². The molecule has 6 heteroatoms. The molecule has 0 saturated heterocycles. The molecule has 0 atom stereocenters. The standard InChI is InChI=1S/C4H10N4O2/c5-3(8-10)1-2-7-4(6)9/h10H,1-2H2,(H2,5,8)(H3,6,7,9). The number of nitrogens with zero attached hydrogens (tertiary/aromatic N) is 1. The maximum atomic E-state index is 10.0. The first-order valence-corrected chi connectivity index (χ1v) is 2.66. The second kappa shape index (κ2) is 4.42. The van der Waals surface area contributed by atoms with Crippen molar-refractivity contribution in [3.63, 3.8) is 0 Å². The van der Waals surface area contributed by atoms with Crippen molar-refractivity contribution < 1.29 is 10.0 Å².